The topological polar surface area (TPSA) is 36.4 Å². The molecule has 2 aromatic carbocycles. The Balaban J connectivity index is 1.31. The summed E-state index contributed by atoms with van der Waals surface area (Å²) in [6.07, 6.45) is 7.47. The van der Waals surface area contributed by atoms with E-state index in [0.29, 0.717) is 22.2 Å². The summed E-state index contributed by atoms with van der Waals surface area (Å²) < 4.78 is 13.7. The van der Waals surface area contributed by atoms with E-state index in [1.54, 1.807) is 12.1 Å². The standard InChI is InChI=1S/C28H26Cl2FN3O/c1-19-4-7-25-22(15-19)28(18-34(25)27(35)21-8-11-32-26(31)17-21)9-13-33(14-10-28)12-2-3-20-5-6-23(29)24(30)16-20/h2-8,11,15-17H,9-10,12-14,18H2,1H3/b3-2+. The smallest absolute Gasteiger partial charge is 0.258 e. The van der Waals surface area contributed by atoms with Crippen LogP contribution in [0.1, 0.15) is 39.9 Å². The van der Waals surface area contributed by atoms with Crippen LogP contribution in [0.4, 0.5) is 10.1 Å². The fourth-order valence-electron chi connectivity index (χ4n) is 5.20. The van der Waals surface area contributed by atoms with E-state index in [1.807, 2.05) is 29.2 Å². The predicted octanol–water partition coefficient (Wildman–Crippen LogP) is 6.54. The van der Waals surface area contributed by atoms with Crippen molar-refractivity contribution in [2.24, 2.45) is 0 Å². The molecule has 0 N–H and O–H groups in total. The average Bonchev–Trinajstić information content (AvgIpc) is 3.15. The maximum atomic E-state index is 13.7. The van der Waals surface area contributed by atoms with Crippen LogP contribution in [0.2, 0.25) is 10.0 Å². The van der Waals surface area contributed by atoms with Crippen LogP contribution < -0.4 is 4.90 Å². The van der Waals surface area contributed by atoms with Crippen LogP contribution in [0, 0.1) is 12.9 Å². The van der Waals surface area contributed by atoms with Gasteiger partial charge in [0.25, 0.3) is 5.91 Å². The van der Waals surface area contributed by atoms with Gasteiger partial charge < -0.3 is 4.90 Å². The van der Waals surface area contributed by atoms with Crippen molar-refractivity contribution >= 4 is 40.9 Å². The Morgan fingerprint density at radius 2 is 1.89 bits per heavy atom. The Morgan fingerprint density at radius 3 is 2.63 bits per heavy atom. The molecule has 180 valence electrons. The van der Waals surface area contributed by atoms with Crippen LogP contribution in [0.3, 0.4) is 0 Å². The van der Waals surface area contributed by atoms with Gasteiger partial charge in [0.2, 0.25) is 5.95 Å². The minimum atomic E-state index is -0.642. The lowest BCUT2D eigenvalue weighted by molar-refractivity contribution is 0.0977. The monoisotopic (exact) mass is 509 g/mol. The Kier molecular flexibility index (Phi) is 6.67. The van der Waals surface area contributed by atoms with Crippen molar-refractivity contribution in [3.8, 4) is 0 Å². The van der Waals surface area contributed by atoms with Crippen LogP contribution in [-0.2, 0) is 5.41 Å². The number of aromatic nitrogens is 1. The van der Waals surface area contributed by atoms with Crippen molar-refractivity contribution in [2.75, 3.05) is 31.1 Å². The minimum Gasteiger partial charge on any atom is -0.307 e. The number of carbonyl (C=O) groups is 1. The highest BCUT2D eigenvalue weighted by Gasteiger charge is 2.46. The molecule has 7 heteroatoms. The lowest BCUT2D eigenvalue weighted by atomic mass is 9.74. The van der Waals surface area contributed by atoms with Crippen LogP contribution >= 0.6 is 23.2 Å². The summed E-state index contributed by atoms with van der Waals surface area (Å²) in [6.45, 7) is 5.41. The minimum absolute atomic E-state index is 0.0908. The summed E-state index contributed by atoms with van der Waals surface area (Å²) in [5.41, 5.74) is 4.60. The fraction of sp³-hybridized carbons (Fsp3) is 0.286. The maximum absolute atomic E-state index is 13.7. The zero-order chi connectivity index (χ0) is 24.6. The molecule has 35 heavy (non-hydrogen) atoms. The van der Waals surface area contributed by atoms with Gasteiger partial charge in [-0.2, -0.15) is 4.39 Å². The molecule has 1 fully saturated rings. The highest BCUT2D eigenvalue weighted by atomic mass is 35.5. The Labute approximate surface area is 215 Å². The highest BCUT2D eigenvalue weighted by molar-refractivity contribution is 6.42. The molecule has 0 unspecified atom stereocenters. The number of amides is 1. The van der Waals surface area contributed by atoms with Crippen molar-refractivity contribution in [1.29, 1.82) is 0 Å². The number of fused-ring (bicyclic) bond motifs is 2. The van der Waals surface area contributed by atoms with Gasteiger partial charge in [-0.3, -0.25) is 9.69 Å². The van der Waals surface area contributed by atoms with Gasteiger partial charge >= 0.3 is 0 Å². The van der Waals surface area contributed by atoms with Crippen LogP contribution in [0.15, 0.2) is 60.8 Å². The fourth-order valence-corrected chi connectivity index (χ4v) is 5.51. The largest absolute Gasteiger partial charge is 0.307 e. The molecule has 2 aliphatic rings. The van der Waals surface area contributed by atoms with Gasteiger partial charge in [-0.15, -0.1) is 0 Å². The second kappa shape index (κ2) is 9.73. The molecule has 0 aliphatic carbocycles. The molecule has 1 saturated heterocycles. The van der Waals surface area contributed by atoms with E-state index in [-0.39, 0.29) is 11.3 Å². The number of aryl methyl sites for hydroxylation is 1. The third-order valence-corrected chi connectivity index (χ3v) is 7.86. The second-order valence-electron chi connectivity index (χ2n) is 9.44. The Morgan fingerprint density at radius 1 is 1.09 bits per heavy atom. The molecule has 4 nitrogen and oxygen atoms in total. The normalized spacial score (nSPS) is 17.3. The molecule has 3 aromatic rings. The van der Waals surface area contributed by atoms with Crippen LogP contribution in [0.25, 0.3) is 6.08 Å². The molecule has 0 radical (unpaired) electrons. The van der Waals surface area contributed by atoms with E-state index in [2.05, 4.69) is 35.0 Å². The third kappa shape index (κ3) is 4.86. The summed E-state index contributed by atoms with van der Waals surface area (Å²) in [6, 6.07) is 14.7. The van der Waals surface area contributed by atoms with Crippen molar-refractivity contribution < 1.29 is 9.18 Å². The van der Waals surface area contributed by atoms with Gasteiger partial charge in [0.15, 0.2) is 0 Å². The number of carbonyl (C=O) groups excluding carboxylic acids is 1. The third-order valence-electron chi connectivity index (χ3n) is 7.12. The number of rotatable bonds is 4. The molecular weight excluding hydrogens is 484 g/mol. The van der Waals surface area contributed by atoms with Crippen molar-refractivity contribution in [3.05, 3.63) is 99.1 Å². The molecule has 1 aromatic heterocycles. The molecule has 1 spiro atoms. The quantitative estimate of drug-likeness (QED) is 0.374. The molecule has 1 amide bonds. The molecule has 2 aliphatic heterocycles. The average molecular weight is 510 g/mol. The summed E-state index contributed by atoms with van der Waals surface area (Å²) in [4.78, 5) is 21.2. The number of nitrogens with zero attached hydrogens (tertiary/aromatic N) is 3. The van der Waals surface area contributed by atoms with Crippen molar-refractivity contribution in [1.82, 2.24) is 9.88 Å². The number of piperidine rings is 1. The van der Waals surface area contributed by atoms with E-state index in [0.717, 1.165) is 43.7 Å². The van der Waals surface area contributed by atoms with E-state index in [9.17, 15) is 9.18 Å². The van der Waals surface area contributed by atoms with E-state index < -0.39 is 5.95 Å². The number of hydrogen-bond donors (Lipinski definition) is 0. The first-order valence-corrected chi connectivity index (χ1v) is 12.5. The summed E-state index contributed by atoms with van der Waals surface area (Å²) in [5, 5.41) is 1.11. The summed E-state index contributed by atoms with van der Waals surface area (Å²) in [7, 11) is 0. The number of halogens is 3. The van der Waals surface area contributed by atoms with E-state index in [1.165, 1.54) is 23.4 Å². The van der Waals surface area contributed by atoms with Gasteiger partial charge in [-0.25, -0.2) is 4.98 Å². The molecule has 0 atom stereocenters. The van der Waals surface area contributed by atoms with Crippen molar-refractivity contribution in [3.63, 3.8) is 0 Å². The van der Waals surface area contributed by atoms with Gasteiger partial charge in [0.05, 0.1) is 10.0 Å². The SMILES string of the molecule is Cc1ccc2c(c1)C1(CCN(C/C=C/c3ccc(Cl)c(Cl)c3)CC1)CN2C(=O)c1ccnc(F)c1. The molecule has 0 saturated carbocycles. The van der Waals surface area contributed by atoms with E-state index in [4.69, 9.17) is 23.2 Å². The lowest BCUT2D eigenvalue weighted by Gasteiger charge is -2.39. The van der Waals surface area contributed by atoms with Crippen LogP contribution in [-0.4, -0.2) is 42.0 Å². The van der Waals surface area contributed by atoms with Crippen molar-refractivity contribution in [2.45, 2.75) is 25.2 Å². The predicted molar refractivity (Wildman–Crippen MR) is 140 cm³/mol. The zero-order valence-corrected chi connectivity index (χ0v) is 21.0. The molecule has 3 heterocycles. The first-order valence-electron chi connectivity index (χ1n) is 11.7. The van der Waals surface area contributed by atoms with Gasteiger partial charge in [-0.1, -0.05) is 59.1 Å². The first kappa shape index (κ1) is 24.0. The van der Waals surface area contributed by atoms with Gasteiger partial charge in [-0.05, 0) is 68.2 Å². The number of hydrogen-bond acceptors (Lipinski definition) is 3. The number of anilines is 1. The molecule has 0 bridgehead atoms. The van der Waals surface area contributed by atoms with Gasteiger partial charge in [0.1, 0.15) is 0 Å². The molecule has 5 rings (SSSR count). The summed E-state index contributed by atoms with van der Waals surface area (Å²) >= 11 is 12.1. The first-order chi connectivity index (χ1) is 16.8. The molecular formula is C28H26Cl2FN3O. The zero-order valence-electron chi connectivity index (χ0n) is 19.5. The lowest BCUT2D eigenvalue weighted by Crippen LogP contribution is -2.46. The van der Waals surface area contributed by atoms with Gasteiger partial charge in [0, 0.05) is 42.0 Å². The number of benzene rings is 2. The Bertz CT molecular complexity index is 1300. The highest BCUT2D eigenvalue weighted by Crippen LogP contribution is 2.47. The Hall–Kier alpha value is -2.73. The number of likely N-dealkylation sites (tertiary alicyclic amines) is 1. The number of pyridine rings is 1. The summed E-state index contributed by atoms with van der Waals surface area (Å²) in [5.74, 6) is -0.823. The van der Waals surface area contributed by atoms with E-state index >= 15 is 0 Å². The maximum Gasteiger partial charge on any atom is 0.258 e. The second-order valence-corrected chi connectivity index (χ2v) is 10.3. The van der Waals surface area contributed by atoms with Crippen LogP contribution in [0.5, 0.6) is 0 Å².